The van der Waals surface area contributed by atoms with E-state index in [0.29, 0.717) is 15.8 Å². The zero-order valence-corrected chi connectivity index (χ0v) is 11.9. The van der Waals surface area contributed by atoms with Gasteiger partial charge in [-0.3, -0.25) is 9.79 Å². The molecule has 0 saturated carbocycles. The monoisotopic (exact) mass is 366 g/mol. The number of aliphatic imine (C=N–C) groups is 1. The molecule has 0 saturated heterocycles. The maximum atomic E-state index is 11.9. The molecule has 0 aliphatic carbocycles. The summed E-state index contributed by atoms with van der Waals surface area (Å²) < 4.78 is 0.980. The number of nitrogens with zero attached hydrogens (tertiary/aromatic N) is 1. The van der Waals surface area contributed by atoms with Crippen LogP contribution in [-0.4, -0.2) is 23.4 Å². The molecular weight excluding hydrogens is 359 g/mol. The lowest BCUT2D eigenvalue weighted by Crippen LogP contribution is -2.27. The molecule has 0 bridgehead atoms. The van der Waals surface area contributed by atoms with Gasteiger partial charge in [0.2, 0.25) is 0 Å². The fourth-order valence-electron chi connectivity index (χ4n) is 1.25. The van der Waals surface area contributed by atoms with Crippen molar-refractivity contribution in [1.29, 1.82) is 0 Å². The second-order valence-electron chi connectivity index (χ2n) is 3.11. The zero-order valence-electron chi connectivity index (χ0n) is 8.17. The second-order valence-corrected chi connectivity index (χ2v) is 5.85. The summed E-state index contributed by atoms with van der Waals surface area (Å²) in [6, 6.07) is 5.35. The summed E-state index contributed by atoms with van der Waals surface area (Å²) in [5.41, 5.74) is 0.490. The first-order chi connectivity index (χ1) is 7.66. The van der Waals surface area contributed by atoms with E-state index in [-0.39, 0.29) is 5.91 Å². The molecule has 16 heavy (non-hydrogen) atoms. The third-order valence-corrected chi connectivity index (χ3v) is 3.87. The fourth-order valence-corrected chi connectivity index (χ4v) is 2.66. The van der Waals surface area contributed by atoms with Gasteiger partial charge in [0.1, 0.15) is 0 Å². The highest BCUT2D eigenvalue weighted by Crippen LogP contribution is 2.19. The molecule has 0 atom stereocenters. The van der Waals surface area contributed by atoms with E-state index >= 15 is 0 Å². The van der Waals surface area contributed by atoms with Crippen LogP contribution >= 0.6 is 46.0 Å². The fraction of sp³-hybridized carbons (Fsp3) is 0.200. The predicted molar refractivity (Wildman–Crippen MR) is 76.4 cm³/mol. The first-order valence-corrected chi connectivity index (χ1v) is 7.05. The molecule has 1 aromatic carbocycles. The Morgan fingerprint density at radius 2 is 2.38 bits per heavy atom. The maximum Gasteiger partial charge on any atom is 0.258 e. The van der Waals surface area contributed by atoms with Crippen LogP contribution in [0.15, 0.2) is 23.2 Å². The summed E-state index contributed by atoms with van der Waals surface area (Å²) in [5, 5.41) is 3.89. The Morgan fingerprint density at radius 3 is 3.06 bits per heavy atom. The number of nitrogens with one attached hydrogen (secondary N) is 1. The van der Waals surface area contributed by atoms with E-state index in [1.165, 1.54) is 0 Å². The quantitative estimate of drug-likeness (QED) is 0.777. The van der Waals surface area contributed by atoms with Gasteiger partial charge < -0.3 is 5.32 Å². The predicted octanol–water partition coefficient (Wildman–Crippen LogP) is 2.78. The molecule has 1 heterocycles. The molecule has 0 aromatic heterocycles. The molecule has 6 heteroatoms. The highest BCUT2D eigenvalue weighted by molar-refractivity contribution is 14.1. The molecule has 0 radical (unpaired) electrons. The number of amides is 1. The number of hydrogen-bond donors (Lipinski definition) is 1. The lowest BCUT2D eigenvalue weighted by Gasteiger charge is -2.06. The number of benzene rings is 1. The standard InChI is InChI=1S/C10H8ClIN2OS/c11-8-2-1-6(12)5-7(8)9(15)14-10-13-3-4-16-10/h1-2,5H,3-4H2,(H,13,14,15). The van der Waals surface area contributed by atoms with E-state index in [0.717, 1.165) is 15.9 Å². The third kappa shape index (κ3) is 2.89. The maximum absolute atomic E-state index is 11.9. The molecule has 2 rings (SSSR count). The van der Waals surface area contributed by atoms with Crippen LogP contribution in [0.25, 0.3) is 0 Å². The van der Waals surface area contributed by atoms with Crippen LogP contribution in [0.4, 0.5) is 0 Å². The van der Waals surface area contributed by atoms with Crippen LogP contribution in [0.3, 0.4) is 0 Å². The van der Waals surface area contributed by atoms with Crippen molar-refractivity contribution >= 4 is 57.0 Å². The van der Waals surface area contributed by atoms with Gasteiger partial charge in [0.25, 0.3) is 5.91 Å². The summed E-state index contributed by atoms with van der Waals surface area (Å²) in [5.74, 6) is 0.729. The Balaban J connectivity index is 2.16. The SMILES string of the molecule is O=C(NC1=NCCS1)c1cc(I)ccc1Cl. The number of amidine groups is 1. The van der Waals surface area contributed by atoms with Crippen LogP contribution in [-0.2, 0) is 0 Å². The Kier molecular flexibility index (Phi) is 4.10. The summed E-state index contributed by atoms with van der Waals surface area (Å²) >= 11 is 9.66. The summed E-state index contributed by atoms with van der Waals surface area (Å²) in [7, 11) is 0. The topological polar surface area (TPSA) is 41.5 Å². The molecule has 1 N–H and O–H groups in total. The third-order valence-electron chi connectivity index (χ3n) is 1.98. The number of carbonyl (C=O) groups is 1. The Labute approximate surface area is 116 Å². The Morgan fingerprint density at radius 1 is 1.56 bits per heavy atom. The van der Waals surface area contributed by atoms with E-state index in [1.54, 1.807) is 23.9 Å². The van der Waals surface area contributed by atoms with Crippen molar-refractivity contribution in [2.75, 3.05) is 12.3 Å². The van der Waals surface area contributed by atoms with Gasteiger partial charge in [0.05, 0.1) is 17.1 Å². The summed E-state index contributed by atoms with van der Waals surface area (Å²) in [4.78, 5) is 16.0. The van der Waals surface area contributed by atoms with E-state index < -0.39 is 0 Å². The molecule has 84 valence electrons. The van der Waals surface area contributed by atoms with Crippen molar-refractivity contribution in [1.82, 2.24) is 5.32 Å². The molecule has 1 aliphatic rings. The number of thioether (sulfide) groups is 1. The van der Waals surface area contributed by atoms with Crippen molar-refractivity contribution in [3.05, 3.63) is 32.4 Å². The van der Waals surface area contributed by atoms with Gasteiger partial charge in [0.15, 0.2) is 5.17 Å². The van der Waals surface area contributed by atoms with Crippen LogP contribution in [0, 0.1) is 3.57 Å². The minimum Gasteiger partial charge on any atom is -0.301 e. The normalized spacial score (nSPS) is 14.8. The molecule has 0 unspecified atom stereocenters. The number of hydrogen-bond acceptors (Lipinski definition) is 3. The second kappa shape index (κ2) is 5.37. The van der Waals surface area contributed by atoms with Crippen LogP contribution < -0.4 is 5.32 Å². The van der Waals surface area contributed by atoms with Gasteiger partial charge in [-0.25, -0.2) is 0 Å². The molecule has 3 nitrogen and oxygen atoms in total. The van der Waals surface area contributed by atoms with E-state index in [1.807, 2.05) is 6.07 Å². The molecule has 0 spiro atoms. The Bertz CT molecular complexity index is 464. The van der Waals surface area contributed by atoms with Gasteiger partial charge in [-0.15, -0.1) is 0 Å². The van der Waals surface area contributed by atoms with E-state index in [9.17, 15) is 4.79 Å². The van der Waals surface area contributed by atoms with Gasteiger partial charge in [-0.05, 0) is 40.8 Å². The van der Waals surface area contributed by atoms with Gasteiger partial charge in [0, 0.05) is 9.32 Å². The van der Waals surface area contributed by atoms with Crippen molar-refractivity contribution in [2.24, 2.45) is 4.99 Å². The van der Waals surface area contributed by atoms with E-state index in [2.05, 4.69) is 32.9 Å². The molecule has 0 fully saturated rings. The van der Waals surface area contributed by atoms with Crippen molar-refractivity contribution in [3.8, 4) is 0 Å². The van der Waals surface area contributed by atoms with Crippen molar-refractivity contribution in [2.45, 2.75) is 0 Å². The van der Waals surface area contributed by atoms with Crippen LogP contribution in [0.2, 0.25) is 5.02 Å². The molecular formula is C10H8ClIN2OS. The lowest BCUT2D eigenvalue weighted by molar-refractivity contribution is 0.0978. The zero-order chi connectivity index (χ0) is 11.5. The number of halogens is 2. The van der Waals surface area contributed by atoms with Crippen LogP contribution in [0.5, 0.6) is 0 Å². The largest absolute Gasteiger partial charge is 0.301 e. The highest BCUT2D eigenvalue weighted by atomic mass is 127. The average molecular weight is 367 g/mol. The van der Waals surface area contributed by atoms with Gasteiger partial charge >= 0.3 is 0 Å². The number of rotatable bonds is 1. The van der Waals surface area contributed by atoms with Crippen LogP contribution in [0.1, 0.15) is 10.4 Å². The average Bonchev–Trinajstić information content (AvgIpc) is 2.74. The molecule has 1 aliphatic heterocycles. The van der Waals surface area contributed by atoms with Gasteiger partial charge in [-0.1, -0.05) is 23.4 Å². The molecule has 1 amide bonds. The number of carbonyl (C=O) groups excluding carboxylic acids is 1. The smallest absolute Gasteiger partial charge is 0.258 e. The first-order valence-electron chi connectivity index (χ1n) is 4.60. The minimum atomic E-state index is -0.198. The van der Waals surface area contributed by atoms with E-state index in [4.69, 9.17) is 11.6 Å². The lowest BCUT2D eigenvalue weighted by atomic mass is 10.2. The Hall–Kier alpha value is -0.270. The van der Waals surface area contributed by atoms with Gasteiger partial charge in [-0.2, -0.15) is 0 Å². The van der Waals surface area contributed by atoms with Crippen molar-refractivity contribution in [3.63, 3.8) is 0 Å². The highest BCUT2D eigenvalue weighted by Gasteiger charge is 2.15. The summed E-state index contributed by atoms with van der Waals surface area (Å²) in [6.07, 6.45) is 0. The van der Waals surface area contributed by atoms with Crippen molar-refractivity contribution < 1.29 is 4.79 Å². The minimum absolute atomic E-state index is 0.198. The summed E-state index contributed by atoms with van der Waals surface area (Å²) in [6.45, 7) is 0.764. The molecule has 1 aromatic rings. The first kappa shape index (κ1) is 12.2.